The smallest absolute Gasteiger partial charge is 0.331 e. The molecule has 0 aliphatic carbocycles. The van der Waals surface area contributed by atoms with Crippen LogP contribution in [0.1, 0.15) is 11.1 Å². The van der Waals surface area contributed by atoms with Crippen LogP contribution in [0.2, 0.25) is 0 Å². The van der Waals surface area contributed by atoms with E-state index >= 15 is 0 Å². The second kappa shape index (κ2) is 7.17. The normalized spacial score (nSPS) is 10.6. The molecule has 5 nitrogen and oxygen atoms in total. The summed E-state index contributed by atoms with van der Waals surface area (Å²) in [5.74, 6) is 0.000572. The highest BCUT2D eigenvalue weighted by Gasteiger charge is 2.05. The van der Waals surface area contributed by atoms with Gasteiger partial charge in [-0.05, 0) is 29.3 Å². The number of esters is 1. The molecule has 0 saturated carbocycles. The second-order valence-corrected chi connectivity index (χ2v) is 4.66. The first kappa shape index (κ1) is 15.4. The first-order valence-corrected chi connectivity index (χ1v) is 6.72. The van der Waals surface area contributed by atoms with Crippen molar-refractivity contribution in [1.82, 2.24) is 0 Å². The first-order valence-electron chi connectivity index (χ1n) is 6.72. The maximum atomic E-state index is 11.7. The SMILES string of the molecule is COc1c(N)cc(C=CC(=O)OCc2ccccc2)cc1N. The fourth-order valence-electron chi connectivity index (χ4n) is 1.97. The van der Waals surface area contributed by atoms with Crippen molar-refractivity contribution in [1.29, 1.82) is 0 Å². The van der Waals surface area contributed by atoms with Gasteiger partial charge < -0.3 is 20.9 Å². The molecule has 0 spiro atoms. The van der Waals surface area contributed by atoms with E-state index in [2.05, 4.69) is 0 Å². The number of carbonyl (C=O) groups excluding carboxylic acids is 1. The van der Waals surface area contributed by atoms with Crippen LogP contribution < -0.4 is 16.2 Å². The molecule has 0 aliphatic rings. The third-order valence-electron chi connectivity index (χ3n) is 3.01. The van der Waals surface area contributed by atoms with Crippen molar-refractivity contribution in [2.75, 3.05) is 18.6 Å². The topological polar surface area (TPSA) is 87.6 Å². The van der Waals surface area contributed by atoms with Gasteiger partial charge in [-0.25, -0.2) is 4.79 Å². The summed E-state index contributed by atoms with van der Waals surface area (Å²) < 4.78 is 10.2. The number of carbonyl (C=O) groups is 1. The molecule has 2 rings (SSSR count). The van der Waals surface area contributed by atoms with Gasteiger partial charge in [-0.3, -0.25) is 0 Å². The van der Waals surface area contributed by atoms with Crippen molar-refractivity contribution < 1.29 is 14.3 Å². The highest BCUT2D eigenvalue weighted by Crippen LogP contribution is 2.30. The van der Waals surface area contributed by atoms with Crippen LogP contribution >= 0.6 is 0 Å². The Kier molecular flexibility index (Phi) is 5.03. The monoisotopic (exact) mass is 298 g/mol. The van der Waals surface area contributed by atoms with Gasteiger partial charge in [0.15, 0.2) is 5.75 Å². The molecule has 22 heavy (non-hydrogen) atoms. The molecule has 0 radical (unpaired) electrons. The predicted molar refractivity (Wildman–Crippen MR) is 87.1 cm³/mol. The van der Waals surface area contributed by atoms with Crippen molar-refractivity contribution in [2.24, 2.45) is 0 Å². The van der Waals surface area contributed by atoms with Gasteiger partial charge in [0.05, 0.1) is 18.5 Å². The Morgan fingerprint density at radius 1 is 1.14 bits per heavy atom. The molecular weight excluding hydrogens is 280 g/mol. The minimum absolute atomic E-state index is 0.233. The van der Waals surface area contributed by atoms with Crippen molar-refractivity contribution in [2.45, 2.75) is 6.61 Å². The van der Waals surface area contributed by atoms with Gasteiger partial charge in [-0.15, -0.1) is 0 Å². The van der Waals surface area contributed by atoms with Gasteiger partial charge in [0.2, 0.25) is 0 Å². The molecule has 0 saturated heterocycles. The van der Waals surface area contributed by atoms with Crippen molar-refractivity contribution >= 4 is 23.4 Å². The van der Waals surface area contributed by atoms with E-state index < -0.39 is 5.97 Å². The van der Waals surface area contributed by atoms with Crippen LogP contribution in [0.3, 0.4) is 0 Å². The molecule has 0 heterocycles. The van der Waals surface area contributed by atoms with E-state index in [-0.39, 0.29) is 6.61 Å². The van der Waals surface area contributed by atoms with E-state index in [9.17, 15) is 4.79 Å². The van der Waals surface area contributed by atoms with E-state index in [4.69, 9.17) is 20.9 Å². The minimum Gasteiger partial charge on any atom is -0.492 e. The number of rotatable bonds is 5. The zero-order valence-electron chi connectivity index (χ0n) is 12.3. The summed E-state index contributed by atoms with van der Waals surface area (Å²) in [6.07, 6.45) is 2.93. The zero-order valence-corrected chi connectivity index (χ0v) is 12.3. The summed E-state index contributed by atoms with van der Waals surface area (Å²) >= 11 is 0. The Hall–Kier alpha value is -2.95. The number of hydrogen-bond acceptors (Lipinski definition) is 5. The van der Waals surface area contributed by atoms with Gasteiger partial charge in [0.1, 0.15) is 6.61 Å². The van der Waals surface area contributed by atoms with E-state index in [0.29, 0.717) is 22.7 Å². The van der Waals surface area contributed by atoms with Gasteiger partial charge in [0.25, 0.3) is 0 Å². The fraction of sp³-hybridized carbons (Fsp3) is 0.118. The largest absolute Gasteiger partial charge is 0.492 e. The molecule has 2 aromatic carbocycles. The number of anilines is 2. The Balaban J connectivity index is 1.98. The summed E-state index contributed by atoms with van der Waals surface area (Å²) in [7, 11) is 1.50. The standard InChI is InChI=1S/C17H18N2O3/c1-21-17-14(18)9-13(10-15(17)19)7-8-16(20)22-11-12-5-3-2-4-6-12/h2-10H,11,18-19H2,1H3. The van der Waals surface area contributed by atoms with Gasteiger partial charge in [-0.1, -0.05) is 30.3 Å². The molecule has 0 aliphatic heterocycles. The molecule has 0 unspecified atom stereocenters. The quantitative estimate of drug-likeness (QED) is 0.503. The number of methoxy groups -OCH3 is 1. The molecule has 0 fully saturated rings. The highest BCUT2D eigenvalue weighted by molar-refractivity contribution is 5.88. The molecular formula is C17H18N2O3. The lowest BCUT2D eigenvalue weighted by Gasteiger charge is -2.08. The number of hydrogen-bond donors (Lipinski definition) is 2. The predicted octanol–water partition coefficient (Wildman–Crippen LogP) is 2.62. The Morgan fingerprint density at radius 3 is 2.36 bits per heavy atom. The van der Waals surface area contributed by atoms with Crippen LogP contribution in [0.5, 0.6) is 5.75 Å². The molecule has 0 atom stereocenters. The van der Waals surface area contributed by atoms with Gasteiger partial charge >= 0.3 is 5.97 Å². The lowest BCUT2D eigenvalue weighted by molar-refractivity contribution is -0.138. The molecule has 4 N–H and O–H groups in total. The first-order chi connectivity index (χ1) is 10.6. The van der Waals surface area contributed by atoms with Gasteiger partial charge in [0, 0.05) is 6.08 Å². The molecule has 0 amide bonds. The number of nitrogens with two attached hydrogens (primary N) is 2. The van der Waals surface area contributed by atoms with Crippen LogP contribution in [0.25, 0.3) is 6.08 Å². The van der Waals surface area contributed by atoms with Crippen molar-refractivity contribution in [3.8, 4) is 5.75 Å². The van der Waals surface area contributed by atoms with Crippen molar-refractivity contribution in [3.63, 3.8) is 0 Å². The lowest BCUT2D eigenvalue weighted by atomic mass is 10.1. The number of ether oxygens (including phenoxy) is 2. The van der Waals surface area contributed by atoms with Crippen molar-refractivity contribution in [3.05, 3.63) is 59.7 Å². The summed E-state index contributed by atoms with van der Waals surface area (Å²) in [4.78, 5) is 11.7. The van der Waals surface area contributed by atoms with Crippen LogP contribution in [-0.2, 0) is 16.1 Å². The van der Waals surface area contributed by atoms with E-state index in [1.54, 1.807) is 18.2 Å². The average Bonchev–Trinajstić information content (AvgIpc) is 2.52. The molecule has 5 heteroatoms. The molecule has 114 valence electrons. The Bertz CT molecular complexity index is 659. The summed E-state index contributed by atoms with van der Waals surface area (Å²) in [5, 5.41) is 0. The van der Waals surface area contributed by atoms with Crippen LogP contribution in [0, 0.1) is 0 Å². The average molecular weight is 298 g/mol. The summed E-state index contributed by atoms with van der Waals surface area (Å²) in [6.45, 7) is 0.233. The Labute approximate surface area is 129 Å². The third kappa shape index (κ3) is 4.02. The van der Waals surface area contributed by atoms with Crippen LogP contribution in [0.15, 0.2) is 48.5 Å². The summed E-state index contributed by atoms with van der Waals surface area (Å²) in [6, 6.07) is 12.8. The van der Waals surface area contributed by atoms with E-state index in [0.717, 1.165) is 5.56 Å². The third-order valence-corrected chi connectivity index (χ3v) is 3.01. The molecule has 0 bridgehead atoms. The zero-order chi connectivity index (χ0) is 15.9. The highest BCUT2D eigenvalue weighted by atomic mass is 16.5. The fourth-order valence-corrected chi connectivity index (χ4v) is 1.97. The van der Waals surface area contributed by atoms with Crippen LogP contribution in [-0.4, -0.2) is 13.1 Å². The lowest BCUT2D eigenvalue weighted by Crippen LogP contribution is -2.01. The summed E-state index contributed by atoms with van der Waals surface area (Å²) in [5.41, 5.74) is 14.1. The maximum Gasteiger partial charge on any atom is 0.331 e. The minimum atomic E-state index is -0.434. The number of benzene rings is 2. The molecule has 0 aromatic heterocycles. The maximum absolute atomic E-state index is 11.7. The van der Waals surface area contributed by atoms with Gasteiger partial charge in [-0.2, -0.15) is 0 Å². The van der Waals surface area contributed by atoms with E-state index in [1.165, 1.54) is 13.2 Å². The number of nitrogen functional groups attached to an aromatic ring is 2. The second-order valence-electron chi connectivity index (χ2n) is 4.66. The van der Waals surface area contributed by atoms with E-state index in [1.807, 2.05) is 30.3 Å². The van der Waals surface area contributed by atoms with Crippen LogP contribution in [0.4, 0.5) is 11.4 Å². The molecule has 2 aromatic rings. The Morgan fingerprint density at radius 2 is 1.77 bits per heavy atom.